The molecule has 0 aromatic carbocycles. The van der Waals surface area contributed by atoms with Gasteiger partial charge < -0.3 is 5.73 Å². The van der Waals surface area contributed by atoms with Crippen LogP contribution in [0.25, 0.3) is 0 Å². The second kappa shape index (κ2) is 4.38. The molecule has 8 heteroatoms. The van der Waals surface area contributed by atoms with Crippen molar-refractivity contribution >= 4 is 19.7 Å². The third-order valence-corrected chi connectivity index (χ3v) is 2.90. The normalized spacial score (nSPS) is 12.1. The van der Waals surface area contributed by atoms with Crippen molar-refractivity contribution in [3.05, 3.63) is 23.4 Å². The van der Waals surface area contributed by atoms with Crippen LogP contribution < -0.4 is 5.73 Å². The lowest BCUT2D eigenvalue weighted by atomic mass is 10.1. The summed E-state index contributed by atoms with van der Waals surface area (Å²) in [4.78, 5) is 3.43. The van der Waals surface area contributed by atoms with Gasteiger partial charge in [0.1, 0.15) is 0 Å². The third kappa shape index (κ3) is 2.83. The van der Waals surface area contributed by atoms with Crippen LogP contribution in [0.2, 0.25) is 0 Å². The van der Waals surface area contributed by atoms with Crippen LogP contribution in [0.15, 0.2) is 17.3 Å². The summed E-state index contributed by atoms with van der Waals surface area (Å²) in [6.45, 7) is -0.144. The maximum atomic E-state index is 12.5. The van der Waals surface area contributed by atoms with E-state index < -0.39 is 26.1 Å². The van der Waals surface area contributed by atoms with Crippen LogP contribution in [0.1, 0.15) is 17.6 Å². The molecule has 0 bridgehead atoms. The number of aromatic nitrogens is 1. The van der Waals surface area contributed by atoms with Crippen LogP contribution in [0.4, 0.5) is 8.78 Å². The lowest BCUT2D eigenvalue weighted by Gasteiger charge is -2.06. The van der Waals surface area contributed by atoms with E-state index in [1.165, 1.54) is 0 Å². The van der Waals surface area contributed by atoms with Crippen LogP contribution in [0.5, 0.6) is 0 Å². The average Bonchev–Trinajstić information content (AvgIpc) is 2.15. The van der Waals surface area contributed by atoms with E-state index in [9.17, 15) is 17.2 Å². The molecule has 1 heterocycles. The summed E-state index contributed by atoms with van der Waals surface area (Å²) in [6.07, 6.45) is -1.83. The summed E-state index contributed by atoms with van der Waals surface area (Å²) >= 11 is 0. The van der Waals surface area contributed by atoms with Gasteiger partial charge in [-0.3, -0.25) is 0 Å². The molecule has 1 aromatic heterocycles. The highest BCUT2D eigenvalue weighted by Gasteiger charge is 2.18. The van der Waals surface area contributed by atoms with E-state index in [-0.39, 0.29) is 12.1 Å². The fourth-order valence-corrected chi connectivity index (χ4v) is 1.69. The molecule has 0 fully saturated rings. The Hall–Kier alpha value is -0.790. The Morgan fingerprint density at radius 1 is 1.53 bits per heavy atom. The first kappa shape index (κ1) is 12.3. The second-order valence-corrected chi connectivity index (χ2v) is 5.18. The minimum Gasteiger partial charge on any atom is -0.326 e. The van der Waals surface area contributed by atoms with Crippen LogP contribution >= 0.6 is 10.7 Å². The van der Waals surface area contributed by atoms with Crippen molar-refractivity contribution in [2.45, 2.75) is 18.0 Å². The Morgan fingerprint density at radius 3 is 2.53 bits per heavy atom. The Bertz CT molecular complexity index is 464. The molecule has 1 aromatic rings. The molecule has 84 valence electrons. The fraction of sp³-hybridized carbons (Fsp3) is 0.286. The zero-order valence-corrected chi connectivity index (χ0v) is 8.89. The Balaban J connectivity index is 3.35. The maximum absolute atomic E-state index is 12.5. The van der Waals surface area contributed by atoms with Gasteiger partial charge in [0.15, 0.2) is 5.03 Å². The molecule has 0 unspecified atom stereocenters. The van der Waals surface area contributed by atoms with Gasteiger partial charge in [0.05, 0.1) is 0 Å². The zero-order chi connectivity index (χ0) is 11.6. The molecule has 0 aliphatic rings. The zero-order valence-electron chi connectivity index (χ0n) is 7.32. The van der Waals surface area contributed by atoms with E-state index in [4.69, 9.17) is 16.4 Å². The monoisotopic (exact) mass is 256 g/mol. The smallest absolute Gasteiger partial charge is 0.278 e. The van der Waals surface area contributed by atoms with Gasteiger partial charge in [0.25, 0.3) is 15.5 Å². The molecule has 0 saturated carbocycles. The van der Waals surface area contributed by atoms with Gasteiger partial charge in [-0.05, 0) is 11.6 Å². The van der Waals surface area contributed by atoms with E-state index in [2.05, 4.69) is 4.98 Å². The van der Waals surface area contributed by atoms with Crippen molar-refractivity contribution in [2.75, 3.05) is 0 Å². The van der Waals surface area contributed by atoms with E-state index in [1.807, 2.05) is 0 Å². The number of hydrogen-bond donors (Lipinski definition) is 1. The second-order valence-electron chi connectivity index (χ2n) is 2.66. The molecule has 4 nitrogen and oxygen atoms in total. The van der Waals surface area contributed by atoms with Crippen molar-refractivity contribution in [3.63, 3.8) is 0 Å². The lowest BCUT2D eigenvalue weighted by molar-refractivity contribution is 0.149. The van der Waals surface area contributed by atoms with E-state index in [1.54, 1.807) is 0 Å². The quantitative estimate of drug-likeness (QED) is 0.830. The standard InChI is InChI=1S/C7H7ClF2N2O2S/c8-15(13,14)6-1-5(7(9)10)4(2-11)3-12-6/h1,3,7H,2,11H2. The van der Waals surface area contributed by atoms with Crippen molar-refractivity contribution in [1.82, 2.24) is 4.98 Å². The van der Waals surface area contributed by atoms with Gasteiger partial charge in [0.2, 0.25) is 0 Å². The first-order valence-corrected chi connectivity index (χ1v) is 6.09. The highest BCUT2D eigenvalue weighted by molar-refractivity contribution is 8.13. The Labute approximate surface area is 89.5 Å². The molecular weight excluding hydrogens is 250 g/mol. The summed E-state index contributed by atoms with van der Waals surface area (Å²) < 4.78 is 46.6. The van der Waals surface area contributed by atoms with Crippen LogP contribution in [0.3, 0.4) is 0 Å². The molecule has 1 rings (SSSR count). The highest BCUT2D eigenvalue weighted by Crippen LogP contribution is 2.25. The molecule has 0 saturated heterocycles. The number of rotatable bonds is 3. The number of nitrogens with zero attached hydrogens (tertiary/aromatic N) is 1. The number of nitrogens with two attached hydrogens (primary N) is 1. The minimum atomic E-state index is -4.10. The molecule has 2 N–H and O–H groups in total. The number of pyridine rings is 1. The number of alkyl halides is 2. The molecule has 0 aliphatic heterocycles. The SMILES string of the molecule is NCc1cnc(S(=O)(=O)Cl)cc1C(F)F. The van der Waals surface area contributed by atoms with Crippen LogP contribution in [-0.2, 0) is 15.6 Å². The van der Waals surface area contributed by atoms with Gasteiger partial charge >= 0.3 is 0 Å². The Morgan fingerprint density at radius 2 is 2.13 bits per heavy atom. The summed E-state index contributed by atoms with van der Waals surface area (Å²) in [5.74, 6) is 0. The van der Waals surface area contributed by atoms with E-state index >= 15 is 0 Å². The molecule has 15 heavy (non-hydrogen) atoms. The lowest BCUT2D eigenvalue weighted by Crippen LogP contribution is -2.06. The summed E-state index contributed by atoms with van der Waals surface area (Å²) in [7, 11) is 0.867. The van der Waals surface area contributed by atoms with Crippen molar-refractivity contribution < 1.29 is 17.2 Å². The van der Waals surface area contributed by atoms with Crippen LogP contribution in [0, 0.1) is 0 Å². The van der Waals surface area contributed by atoms with Gasteiger partial charge in [-0.2, -0.15) is 0 Å². The minimum absolute atomic E-state index is 0.0917. The topological polar surface area (TPSA) is 73.0 Å². The summed E-state index contributed by atoms with van der Waals surface area (Å²) in [6, 6.07) is 0.731. The largest absolute Gasteiger partial charge is 0.326 e. The molecule has 0 spiro atoms. The first-order valence-electron chi connectivity index (χ1n) is 3.78. The van der Waals surface area contributed by atoms with Gasteiger partial charge in [-0.1, -0.05) is 0 Å². The summed E-state index contributed by atoms with van der Waals surface area (Å²) in [5.41, 5.74) is 4.82. The molecule has 0 radical (unpaired) electrons. The van der Waals surface area contributed by atoms with Crippen LogP contribution in [-0.4, -0.2) is 13.4 Å². The van der Waals surface area contributed by atoms with E-state index in [0.717, 1.165) is 12.3 Å². The Kier molecular flexibility index (Phi) is 3.58. The van der Waals surface area contributed by atoms with Crippen molar-refractivity contribution in [1.29, 1.82) is 0 Å². The maximum Gasteiger partial charge on any atom is 0.278 e. The number of halogens is 3. The van der Waals surface area contributed by atoms with Crippen molar-refractivity contribution in [2.24, 2.45) is 5.73 Å². The predicted molar refractivity (Wildman–Crippen MR) is 50.1 cm³/mol. The molecule has 0 aliphatic carbocycles. The summed E-state index contributed by atoms with van der Waals surface area (Å²) in [5, 5.41) is -0.600. The van der Waals surface area contributed by atoms with Gasteiger partial charge in [0, 0.05) is 29.0 Å². The van der Waals surface area contributed by atoms with Gasteiger partial charge in [-0.25, -0.2) is 22.2 Å². The third-order valence-electron chi connectivity index (χ3n) is 1.70. The molecule has 0 atom stereocenters. The highest BCUT2D eigenvalue weighted by atomic mass is 35.7. The molecular formula is C7H7ClF2N2O2S. The average molecular weight is 257 g/mol. The fourth-order valence-electron chi connectivity index (χ4n) is 0.986. The predicted octanol–water partition coefficient (Wildman–Crippen LogP) is 1.41. The number of hydrogen-bond acceptors (Lipinski definition) is 4. The first-order chi connectivity index (χ1) is 6.86. The molecule has 0 amide bonds. The van der Waals surface area contributed by atoms with Gasteiger partial charge in [-0.15, -0.1) is 0 Å². The van der Waals surface area contributed by atoms with E-state index in [0.29, 0.717) is 0 Å². The van der Waals surface area contributed by atoms with Crippen molar-refractivity contribution in [3.8, 4) is 0 Å².